The van der Waals surface area contributed by atoms with Gasteiger partial charge in [-0.15, -0.1) is 0 Å². The van der Waals surface area contributed by atoms with Crippen molar-refractivity contribution in [3.63, 3.8) is 0 Å². The number of nitrogens with zero attached hydrogens (tertiary/aromatic N) is 2. The molecule has 0 amide bonds. The predicted octanol–water partition coefficient (Wildman–Crippen LogP) is 3.11. The van der Waals surface area contributed by atoms with Crippen molar-refractivity contribution in [2.75, 3.05) is 19.6 Å². The molecule has 1 atom stereocenters. The maximum absolute atomic E-state index is 10.3. The zero-order valence-corrected chi connectivity index (χ0v) is 12.5. The number of benzene rings is 1. The number of nitrogens with one attached hydrogen (secondary N) is 1. The third-order valence-electron chi connectivity index (χ3n) is 3.84. The van der Waals surface area contributed by atoms with Crippen LogP contribution in [-0.4, -0.2) is 39.8 Å². The summed E-state index contributed by atoms with van der Waals surface area (Å²) < 4.78 is 0. The first-order chi connectivity index (χ1) is 9.74. The Bertz CT molecular complexity index is 523. The summed E-state index contributed by atoms with van der Waals surface area (Å²) in [7, 11) is 0. The maximum atomic E-state index is 10.3. The molecule has 4 heteroatoms. The number of rotatable bonds is 8. The molecule has 0 fully saturated rings. The van der Waals surface area contributed by atoms with Crippen LogP contribution in [0.1, 0.15) is 44.8 Å². The first-order valence-electron chi connectivity index (χ1n) is 7.58. The molecule has 2 aromatic rings. The van der Waals surface area contributed by atoms with E-state index < -0.39 is 6.10 Å². The Kier molecular flexibility index (Phi) is 5.56. The second-order valence-electron chi connectivity index (χ2n) is 5.31. The quantitative estimate of drug-likeness (QED) is 0.778. The standard InChI is InChI=1S/C16H25N3O/c1-3-5-9-19(4-2)10-8-16(20)13-6-7-15-14(11-13)12-17-18-15/h6-7,11-12,16,20H,3-5,8-10H2,1-2H3,(H,17,18). The molecule has 2 rings (SSSR count). The van der Waals surface area contributed by atoms with Crippen LogP contribution in [0.2, 0.25) is 0 Å². The van der Waals surface area contributed by atoms with Crippen LogP contribution in [0, 0.1) is 0 Å². The van der Waals surface area contributed by atoms with Crippen LogP contribution in [0.4, 0.5) is 0 Å². The average Bonchev–Trinajstić information content (AvgIpc) is 2.94. The minimum absolute atomic E-state index is 0.398. The lowest BCUT2D eigenvalue weighted by molar-refractivity contribution is 0.143. The van der Waals surface area contributed by atoms with Gasteiger partial charge in [-0.2, -0.15) is 5.10 Å². The van der Waals surface area contributed by atoms with Gasteiger partial charge in [0, 0.05) is 11.9 Å². The van der Waals surface area contributed by atoms with Crippen LogP contribution in [0.25, 0.3) is 10.9 Å². The highest BCUT2D eigenvalue weighted by Gasteiger charge is 2.11. The van der Waals surface area contributed by atoms with Gasteiger partial charge in [-0.25, -0.2) is 0 Å². The molecule has 20 heavy (non-hydrogen) atoms. The molecule has 0 aliphatic rings. The third-order valence-corrected chi connectivity index (χ3v) is 3.84. The molecule has 0 spiro atoms. The first kappa shape index (κ1) is 15.0. The highest BCUT2D eigenvalue weighted by molar-refractivity contribution is 5.78. The fraction of sp³-hybridized carbons (Fsp3) is 0.562. The molecule has 0 saturated carbocycles. The van der Waals surface area contributed by atoms with Crippen molar-refractivity contribution in [3.8, 4) is 0 Å². The van der Waals surface area contributed by atoms with Crippen molar-refractivity contribution in [1.29, 1.82) is 0 Å². The largest absolute Gasteiger partial charge is 0.388 e. The van der Waals surface area contributed by atoms with E-state index in [0.29, 0.717) is 0 Å². The molecule has 110 valence electrons. The fourth-order valence-corrected chi connectivity index (χ4v) is 2.45. The lowest BCUT2D eigenvalue weighted by atomic mass is 10.0. The predicted molar refractivity (Wildman–Crippen MR) is 82.7 cm³/mol. The fourth-order valence-electron chi connectivity index (χ4n) is 2.45. The van der Waals surface area contributed by atoms with Crippen molar-refractivity contribution < 1.29 is 5.11 Å². The van der Waals surface area contributed by atoms with E-state index in [1.54, 1.807) is 6.20 Å². The molecular formula is C16H25N3O. The van der Waals surface area contributed by atoms with Crippen molar-refractivity contribution >= 4 is 10.9 Å². The summed E-state index contributed by atoms with van der Waals surface area (Å²) in [6.45, 7) is 7.51. The van der Waals surface area contributed by atoms with Crippen LogP contribution < -0.4 is 0 Å². The zero-order chi connectivity index (χ0) is 14.4. The van der Waals surface area contributed by atoms with Crippen molar-refractivity contribution in [2.45, 2.75) is 39.2 Å². The normalized spacial score (nSPS) is 13.2. The number of aliphatic hydroxyl groups excluding tert-OH is 1. The summed E-state index contributed by atoms with van der Waals surface area (Å²) in [4.78, 5) is 2.41. The number of aromatic nitrogens is 2. The second kappa shape index (κ2) is 7.41. The van der Waals surface area contributed by atoms with Crippen LogP contribution in [0.5, 0.6) is 0 Å². The Hall–Kier alpha value is -1.39. The minimum Gasteiger partial charge on any atom is -0.388 e. The molecule has 0 bridgehead atoms. The van der Waals surface area contributed by atoms with Crippen molar-refractivity contribution in [2.24, 2.45) is 0 Å². The summed E-state index contributed by atoms with van der Waals surface area (Å²) in [5.41, 5.74) is 1.99. The molecule has 4 nitrogen and oxygen atoms in total. The van der Waals surface area contributed by atoms with E-state index in [0.717, 1.165) is 42.5 Å². The molecular weight excluding hydrogens is 250 g/mol. The topological polar surface area (TPSA) is 52.1 Å². The van der Waals surface area contributed by atoms with E-state index >= 15 is 0 Å². The second-order valence-corrected chi connectivity index (χ2v) is 5.31. The number of fused-ring (bicyclic) bond motifs is 1. The Morgan fingerprint density at radius 3 is 2.90 bits per heavy atom. The van der Waals surface area contributed by atoms with E-state index in [1.807, 2.05) is 18.2 Å². The van der Waals surface area contributed by atoms with E-state index in [-0.39, 0.29) is 0 Å². The lowest BCUT2D eigenvalue weighted by Gasteiger charge is -2.21. The molecule has 0 radical (unpaired) electrons. The minimum atomic E-state index is -0.398. The third kappa shape index (κ3) is 3.81. The van der Waals surface area contributed by atoms with Gasteiger partial charge in [-0.05, 0) is 43.6 Å². The lowest BCUT2D eigenvalue weighted by Crippen LogP contribution is -2.26. The Labute approximate surface area is 120 Å². The molecule has 1 aromatic carbocycles. The highest BCUT2D eigenvalue weighted by atomic mass is 16.3. The van der Waals surface area contributed by atoms with E-state index in [2.05, 4.69) is 28.9 Å². The molecule has 0 saturated heterocycles. The van der Waals surface area contributed by atoms with Gasteiger partial charge in [-0.1, -0.05) is 26.3 Å². The Morgan fingerprint density at radius 2 is 2.15 bits per heavy atom. The Balaban J connectivity index is 1.91. The van der Waals surface area contributed by atoms with Crippen LogP contribution in [0.3, 0.4) is 0 Å². The van der Waals surface area contributed by atoms with Gasteiger partial charge < -0.3 is 10.0 Å². The van der Waals surface area contributed by atoms with Crippen molar-refractivity contribution in [1.82, 2.24) is 15.1 Å². The summed E-state index contributed by atoms with van der Waals surface area (Å²) in [5, 5.41) is 18.3. The number of aromatic amines is 1. The number of hydrogen-bond donors (Lipinski definition) is 2. The molecule has 0 aliphatic heterocycles. The molecule has 2 N–H and O–H groups in total. The average molecular weight is 275 g/mol. The van der Waals surface area contributed by atoms with Gasteiger partial charge in [-0.3, -0.25) is 5.10 Å². The first-order valence-corrected chi connectivity index (χ1v) is 7.58. The molecule has 1 heterocycles. The van der Waals surface area contributed by atoms with E-state index in [4.69, 9.17) is 0 Å². The van der Waals surface area contributed by atoms with Crippen LogP contribution in [-0.2, 0) is 0 Å². The van der Waals surface area contributed by atoms with Gasteiger partial charge >= 0.3 is 0 Å². The number of aliphatic hydroxyl groups is 1. The maximum Gasteiger partial charge on any atom is 0.0802 e. The molecule has 1 unspecified atom stereocenters. The van der Waals surface area contributed by atoms with Crippen LogP contribution in [0.15, 0.2) is 24.4 Å². The van der Waals surface area contributed by atoms with Gasteiger partial charge in [0.2, 0.25) is 0 Å². The monoisotopic (exact) mass is 275 g/mol. The van der Waals surface area contributed by atoms with Crippen LogP contribution >= 0.6 is 0 Å². The summed E-state index contributed by atoms with van der Waals surface area (Å²) in [5.74, 6) is 0. The van der Waals surface area contributed by atoms with E-state index in [9.17, 15) is 5.11 Å². The number of unbranched alkanes of at least 4 members (excludes halogenated alkanes) is 1. The number of H-pyrrole nitrogens is 1. The summed E-state index contributed by atoms with van der Waals surface area (Å²) >= 11 is 0. The summed E-state index contributed by atoms with van der Waals surface area (Å²) in [6, 6.07) is 5.98. The SMILES string of the molecule is CCCCN(CC)CCC(O)c1ccc2[nH]ncc2c1. The summed E-state index contributed by atoms with van der Waals surface area (Å²) in [6.07, 6.45) is 4.62. The van der Waals surface area contributed by atoms with Crippen molar-refractivity contribution in [3.05, 3.63) is 30.0 Å². The van der Waals surface area contributed by atoms with E-state index in [1.165, 1.54) is 12.8 Å². The van der Waals surface area contributed by atoms with Gasteiger partial charge in [0.15, 0.2) is 0 Å². The van der Waals surface area contributed by atoms with Gasteiger partial charge in [0.25, 0.3) is 0 Å². The molecule has 0 aliphatic carbocycles. The van der Waals surface area contributed by atoms with Gasteiger partial charge in [0.05, 0.1) is 17.8 Å². The highest BCUT2D eigenvalue weighted by Crippen LogP contribution is 2.21. The zero-order valence-electron chi connectivity index (χ0n) is 12.5. The molecule has 1 aromatic heterocycles. The number of hydrogen-bond acceptors (Lipinski definition) is 3. The smallest absolute Gasteiger partial charge is 0.0802 e. The Morgan fingerprint density at radius 1 is 1.30 bits per heavy atom. The van der Waals surface area contributed by atoms with Gasteiger partial charge in [0.1, 0.15) is 0 Å².